The van der Waals surface area contributed by atoms with E-state index in [0.29, 0.717) is 0 Å². The summed E-state index contributed by atoms with van der Waals surface area (Å²) in [7, 11) is 0. The van der Waals surface area contributed by atoms with Crippen LogP contribution in [0.1, 0.15) is 6.42 Å². The van der Waals surface area contributed by atoms with E-state index in [-0.39, 0.29) is 13.0 Å². The van der Waals surface area contributed by atoms with Crippen LogP contribution in [0.25, 0.3) is 0 Å². The molecule has 0 aromatic carbocycles. The van der Waals surface area contributed by atoms with E-state index < -0.39 is 24.6 Å². The van der Waals surface area contributed by atoms with Crippen LogP contribution in [-0.2, 0) is 4.74 Å². The van der Waals surface area contributed by atoms with Crippen LogP contribution in [-0.4, -0.2) is 46.5 Å². The summed E-state index contributed by atoms with van der Waals surface area (Å²) < 4.78 is 4.84. The summed E-state index contributed by atoms with van der Waals surface area (Å²) in [5, 5.41) is 27.2. The predicted octanol–water partition coefficient (Wildman–Crippen LogP) is -2.23. The third kappa shape index (κ3) is 1.88. The normalized spacial score (nSPS) is 45.8. The van der Waals surface area contributed by atoms with Gasteiger partial charge in [0.2, 0.25) is 0 Å². The Morgan fingerprint density at radius 3 is 2.55 bits per heavy atom. The van der Waals surface area contributed by atoms with Gasteiger partial charge in [-0.25, -0.2) is 0 Å². The van der Waals surface area contributed by atoms with E-state index in [9.17, 15) is 5.11 Å². The number of hydrogen-bond donors (Lipinski definition) is 4. The second kappa shape index (κ2) is 3.46. The minimum atomic E-state index is -1.01. The summed E-state index contributed by atoms with van der Waals surface area (Å²) in [5.74, 6) is 0. The van der Waals surface area contributed by atoms with Crippen LogP contribution in [0.4, 0.5) is 0 Å². The molecule has 4 atom stereocenters. The number of ether oxygens (including phenoxy) is 1. The summed E-state index contributed by atoms with van der Waals surface area (Å²) in [6.07, 6.45) is -3.55. The maximum Gasteiger partial charge on any atom is 0.157 e. The van der Waals surface area contributed by atoms with Crippen LogP contribution in [0.5, 0.6) is 0 Å². The van der Waals surface area contributed by atoms with Gasteiger partial charge in [0.15, 0.2) is 6.29 Å². The third-order valence-electron chi connectivity index (χ3n) is 1.78. The highest BCUT2D eigenvalue weighted by molar-refractivity contribution is 4.82. The van der Waals surface area contributed by atoms with Crippen LogP contribution < -0.4 is 5.73 Å². The number of aliphatic hydroxyl groups excluding tert-OH is 3. The van der Waals surface area contributed by atoms with Gasteiger partial charge < -0.3 is 25.8 Å². The summed E-state index contributed by atoms with van der Waals surface area (Å²) in [5.41, 5.74) is 5.21. The van der Waals surface area contributed by atoms with Gasteiger partial charge in [-0.15, -0.1) is 0 Å². The topological polar surface area (TPSA) is 95.9 Å². The molecule has 5 heteroatoms. The lowest BCUT2D eigenvalue weighted by Crippen LogP contribution is -2.51. The molecule has 5 nitrogen and oxygen atoms in total. The van der Waals surface area contributed by atoms with Crippen molar-refractivity contribution in [3.05, 3.63) is 0 Å². The Bertz CT molecular complexity index is 132. The van der Waals surface area contributed by atoms with Gasteiger partial charge in [0.05, 0.1) is 6.10 Å². The molecular weight excluding hydrogens is 150 g/mol. The van der Waals surface area contributed by atoms with Gasteiger partial charge in [0.1, 0.15) is 12.2 Å². The zero-order valence-corrected chi connectivity index (χ0v) is 6.05. The Kier molecular flexibility index (Phi) is 2.80. The van der Waals surface area contributed by atoms with E-state index in [2.05, 4.69) is 0 Å². The van der Waals surface area contributed by atoms with Crippen molar-refractivity contribution in [2.24, 2.45) is 5.73 Å². The zero-order chi connectivity index (χ0) is 8.43. The molecule has 0 aliphatic carbocycles. The molecule has 0 bridgehead atoms. The average Bonchev–Trinajstić information content (AvgIpc) is 1.96. The molecule has 1 heterocycles. The number of aliphatic hydroxyl groups is 3. The minimum Gasteiger partial charge on any atom is -0.390 e. The lowest BCUT2D eigenvalue weighted by Gasteiger charge is -2.34. The van der Waals surface area contributed by atoms with Gasteiger partial charge in [-0.05, 0) is 0 Å². The first kappa shape index (κ1) is 8.89. The van der Waals surface area contributed by atoms with Crippen LogP contribution in [0.2, 0.25) is 0 Å². The maximum absolute atomic E-state index is 9.19. The first-order valence-corrected chi connectivity index (χ1v) is 3.55. The fraction of sp³-hybridized carbons (Fsp3) is 1.00. The van der Waals surface area contributed by atoms with Gasteiger partial charge in [0.25, 0.3) is 0 Å². The monoisotopic (exact) mass is 163 g/mol. The molecular formula is C6H13NO4. The van der Waals surface area contributed by atoms with E-state index in [1.165, 1.54) is 0 Å². The SMILES string of the molecule is NC[C@H]1OC(O)C[C@@H](O)[C@H]1O. The van der Waals surface area contributed by atoms with E-state index >= 15 is 0 Å². The summed E-state index contributed by atoms with van der Waals surface area (Å²) in [4.78, 5) is 0. The minimum absolute atomic E-state index is 0.0394. The Labute approximate surface area is 64.4 Å². The fourth-order valence-corrected chi connectivity index (χ4v) is 1.13. The smallest absolute Gasteiger partial charge is 0.157 e. The van der Waals surface area contributed by atoms with Crippen molar-refractivity contribution in [2.75, 3.05) is 6.54 Å². The van der Waals surface area contributed by atoms with Gasteiger partial charge >= 0.3 is 0 Å². The van der Waals surface area contributed by atoms with Crippen molar-refractivity contribution in [1.29, 1.82) is 0 Å². The highest BCUT2D eigenvalue weighted by Gasteiger charge is 2.34. The van der Waals surface area contributed by atoms with Gasteiger partial charge in [-0.3, -0.25) is 0 Å². The molecule has 0 radical (unpaired) electrons. The second-order valence-corrected chi connectivity index (χ2v) is 2.66. The highest BCUT2D eigenvalue weighted by atomic mass is 16.6. The maximum atomic E-state index is 9.19. The molecule has 0 aromatic heterocycles. The van der Waals surface area contributed by atoms with Crippen molar-refractivity contribution in [2.45, 2.75) is 31.0 Å². The standard InChI is InChI=1S/C6H13NO4/c7-2-4-6(10)3(8)1-5(9)11-4/h3-6,8-10H,1-2,7H2/t3-,4-,5?,6-/m1/s1. The van der Waals surface area contributed by atoms with Crippen LogP contribution in [0, 0.1) is 0 Å². The molecule has 0 aromatic rings. The first-order valence-electron chi connectivity index (χ1n) is 3.55. The van der Waals surface area contributed by atoms with Crippen LogP contribution in [0.3, 0.4) is 0 Å². The molecule has 0 amide bonds. The first-order chi connectivity index (χ1) is 5.15. The molecule has 1 saturated heterocycles. The van der Waals surface area contributed by atoms with Crippen LogP contribution >= 0.6 is 0 Å². The Balaban J connectivity index is 2.51. The number of hydrogen-bond acceptors (Lipinski definition) is 5. The van der Waals surface area contributed by atoms with E-state index in [1.807, 2.05) is 0 Å². The third-order valence-corrected chi connectivity index (χ3v) is 1.78. The quantitative estimate of drug-likeness (QED) is 0.351. The molecule has 0 spiro atoms. The van der Waals surface area contributed by atoms with Crippen molar-refractivity contribution in [1.82, 2.24) is 0 Å². The van der Waals surface area contributed by atoms with Crippen molar-refractivity contribution >= 4 is 0 Å². The summed E-state index contributed by atoms with van der Waals surface area (Å²) in [6, 6.07) is 0. The Hall–Kier alpha value is -0.200. The Morgan fingerprint density at radius 2 is 2.00 bits per heavy atom. The molecule has 0 saturated carbocycles. The number of nitrogens with two attached hydrogens (primary N) is 1. The molecule has 1 rings (SSSR count). The van der Waals surface area contributed by atoms with E-state index in [1.54, 1.807) is 0 Å². The Morgan fingerprint density at radius 1 is 1.36 bits per heavy atom. The highest BCUT2D eigenvalue weighted by Crippen LogP contribution is 2.17. The lowest BCUT2D eigenvalue weighted by atomic mass is 10.0. The van der Waals surface area contributed by atoms with Gasteiger partial charge in [0, 0.05) is 13.0 Å². The van der Waals surface area contributed by atoms with E-state index in [4.69, 9.17) is 20.7 Å². The van der Waals surface area contributed by atoms with E-state index in [0.717, 1.165) is 0 Å². The molecule has 1 unspecified atom stereocenters. The molecule has 5 N–H and O–H groups in total. The molecule has 1 aliphatic rings. The van der Waals surface area contributed by atoms with Gasteiger partial charge in [-0.1, -0.05) is 0 Å². The molecule has 66 valence electrons. The van der Waals surface area contributed by atoms with Crippen molar-refractivity contribution < 1.29 is 20.1 Å². The van der Waals surface area contributed by atoms with Crippen molar-refractivity contribution in [3.8, 4) is 0 Å². The summed E-state index contributed by atoms with van der Waals surface area (Å²) in [6.45, 7) is 0.0925. The lowest BCUT2D eigenvalue weighted by molar-refractivity contribution is -0.228. The second-order valence-electron chi connectivity index (χ2n) is 2.66. The average molecular weight is 163 g/mol. The zero-order valence-electron chi connectivity index (χ0n) is 6.05. The fourth-order valence-electron chi connectivity index (χ4n) is 1.13. The predicted molar refractivity (Wildman–Crippen MR) is 36.6 cm³/mol. The number of rotatable bonds is 1. The summed E-state index contributed by atoms with van der Waals surface area (Å²) >= 11 is 0. The molecule has 1 aliphatic heterocycles. The molecule has 1 fully saturated rings. The van der Waals surface area contributed by atoms with Crippen LogP contribution in [0.15, 0.2) is 0 Å². The molecule has 11 heavy (non-hydrogen) atoms. The largest absolute Gasteiger partial charge is 0.390 e. The van der Waals surface area contributed by atoms with Gasteiger partial charge in [-0.2, -0.15) is 0 Å². The van der Waals surface area contributed by atoms with Crippen molar-refractivity contribution in [3.63, 3.8) is 0 Å².